The van der Waals surface area contributed by atoms with E-state index in [4.69, 9.17) is 9.47 Å². The zero-order valence-corrected chi connectivity index (χ0v) is 16.0. The lowest BCUT2D eigenvalue weighted by molar-refractivity contribution is 0.0917. The first kappa shape index (κ1) is 18.9. The van der Waals surface area contributed by atoms with Crippen molar-refractivity contribution < 1.29 is 19.4 Å². The van der Waals surface area contributed by atoms with E-state index < -0.39 is 6.10 Å². The summed E-state index contributed by atoms with van der Waals surface area (Å²) in [4.78, 5) is 16.7. The number of pyridine rings is 1. The molecule has 1 aliphatic rings. The number of amides is 1. The molecular weight excluding hydrogens is 372 g/mol. The Morgan fingerprint density at radius 2 is 1.97 bits per heavy atom. The van der Waals surface area contributed by atoms with Gasteiger partial charge in [-0.3, -0.25) is 14.5 Å². The maximum Gasteiger partial charge on any atom is 0.255 e. The van der Waals surface area contributed by atoms with E-state index in [1.54, 1.807) is 42.5 Å². The Kier molecular flexibility index (Phi) is 5.44. The minimum Gasteiger partial charge on any atom is -0.490 e. The zero-order chi connectivity index (χ0) is 20.2. The Hall–Kier alpha value is -3.39. The van der Waals surface area contributed by atoms with Gasteiger partial charge in [0.1, 0.15) is 5.69 Å². The van der Waals surface area contributed by atoms with Crippen LogP contribution in [0, 0.1) is 0 Å². The monoisotopic (exact) mass is 394 g/mol. The third-order valence-electron chi connectivity index (χ3n) is 4.64. The van der Waals surface area contributed by atoms with Gasteiger partial charge in [0.05, 0.1) is 24.9 Å². The molecule has 0 saturated carbocycles. The van der Waals surface area contributed by atoms with Gasteiger partial charge in [0.2, 0.25) is 0 Å². The first-order chi connectivity index (χ1) is 14.1. The van der Waals surface area contributed by atoms with Crippen LogP contribution in [0.4, 0.5) is 0 Å². The molecule has 3 heterocycles. The summed E-state index contributed by atoms with van der Waals surface area (Å²) in [5.41, 5.74) is 2.41. The van der Waals surface area contributed by atoms with Gasteiger partial charge in [-0.1, -0.05) is 0 Å². The summed E-state index contributed by atoms with van der Waals surface area (Å²) >= 11 is 0. The highest BCUT2D eigenvalue weighted by Crippen LogP contribution is 2.34. The van der Waals surface area contributed by atoms with E-state index in [2.05, 4.69) is 15.4 Å². The number of carbonyl (C=O) groups excluding carboxylic acids is 1. The van der Waals surface area contributed by atoms with Crippen LogP contribution >= 0.6 is 0 Å². The second kappa shape index (κ2) is 8.32. The average Bonchev–Trinajstić information content (AvgIpc) is 2.99. The van der Waals surface area contributed by atoms with Crippen LogP contribution in [0.25, 0.3) is 11.3 Å². The average molecular weight is 394 g/mol. The minimum atomic E-state index is -0.819. The van der Waals surface area contributed by atoms with Gasteiger partial charge in [-0.25, -0.2) is 0 Å². The minimum absolute atomic E-state index is 0.0817. The molecule has 4 rings (SSSR count). The number of benzene rings is 1. The zero-order valence-electron chi connectivity index (χ0n) is 16.0. The number of aliphatic hydroxyl groups is 1. The topological polar surface area (TPSA) is 98.5 Å². The molecule has 8 nitrogen and oxygen atoms in total. The predicted octanol–water partition coefficient (Wildman–Crippen LogP) is 2.11. The number of ether oxygens (including phenoxy) is 2. The van der Waals surface area contributed by atoms with Crippen LogP contribution in [-0.2, 0) is 7.05 Å². The number of aromatic nitrogens is 3. The number of aliphatic hydroxyl groups excluding tert-OH is 1. The highest BCUT2D eigenvalue weighted by Gasteiger charge is 2.20. The normalized spacial score (nSPS) is 14.1. The number of nitrogens with zero attached hydrogens (tertiary/aromatic N) is 3. The number of carbonyl (C=O) groups is 1. The summed E-state index contributed by atoms with van der Waals surface area (Å²) in [6.07, 6.45) is 4.86. The highest BCUT2D eigenvalue weighted by atomic mass is 16.5. The van der Waals surface area contributed by atoms with Crippen molar-refractivity contribution in [1.82, 2.24) is 20.1 Å². The molecule has 1 atom stereocenters. The Morgan fingerprint density at radius 3 is 2.76 bits per heavy atom. The summed E-state index contributed by atoms with van der Waals surface area (Å²) in [5, 5.41) is 17.5. The molecule has 0 saturated heterocycles. The molecule has 0 fully saturated rings. The molecule has 0 bridgehead atoms. The van der Waals surface area contributed by atoms with E-state index >= 15 is 0 Å². The van der Waals surface area contributed by atoms with Crippen molar-refractivity contribution in [3.05, 3.63) is 60.0 Å². The molecule has 1 aliphatic heterocycles. The van der Waals surface area contributed by atoms with E-state index in [-0.39, 0.29) is 12.5 Å². The molecule has 0 aliphatic carbocycles. The molecule has 0 spiro atoms. The maximum absolute atomic E-state index is 12.8. The van der Waals surface area contributed by atoms with Gasteiger partial charge in [0.25, 0.3) is 5.91 Å². The van der Waals surface area contributed by atoms with Crippen LogP contribution in [0.2, 0.25) is 0 Å². The standard InChI is InChI=1S/C21H22N4O4/c1-25-13-16(21(27)23-12-17(26)14-5-7-22-8-6-14)20(24-25)15-3-4-18-19(11-15)29-10-2-9-28-18/h3-8,11,13,17,26H,2,9-10,12H2,1H3,(H,23,27). The van der Waals surface area contributed by atoms with Crippen molar-refractivity contribution in [2.75, 3.05) is 19.8 Å². The summed E-state index contributed by atoms with van der Waals surface area (Å²) in [6, 6.07) is 8.96. The second-order valence-electron chi connectivity index (χ2n) is 6.78. The van der Waals surface area contributed by atoms with Crippen molar-refractivity contribution >= 4 is 5.91 Å². The lowest BCUT2D eigenvalue weighted by Gasteiger charge is -2.12. The number of hydrogen-bond donors (Lipinski definition) is 2. The molecule has 1 amide bonds. The molecule has 2 N–H and O–H groups in total. The highest BCUT2D eigenvalue weighted by molar-refractivity contribution is 6.00. The van der Waals surface area contributed by atoms with Crippen LogP contribution in [0.15, 0.2) is 48.9 Å². The third-order valence-corrected chi connectivity index (χ3v) is 4.64. The number of aryl methyl sites for hydroxylation is 1. The van der Waals surface area contributed by atoms with E-state index in [9.17, 15) is 9.90 Å². The summed E-state index contributed by atoms with van der Waals surface area (Å²) in [5.74, 6) is 1.02. The lowest BCUT2D eigenvalue weighted by Crippen LogP contribution is -2.28. The van der Waals surface area contributed by atoms with Crippen LogP contribution in [0.5, 0.6) is 11.5 Å². The number of hydrogen-bond acceptors (Lipinski definition) is 6. The van der Waals surface area contributed by atoms with Gasteiger partial charge >= 0.3 is 0 Å². The fraction of sp³-hybridized carbons (Fsp3) is 0.286. The molecule has 29 heavy (non-hydrogen) atoms. The molecule has 150 valence electrons. The fourth-order valence-electron chi connectivity index (χ4n) is 3.17. The van der Waals surface area contributed by atoms with E-state index in [1.807, 2.05) is 18.2 Å². The first-order valence-electron chi connectivity index (χ1n) is 9.41. The number of fused-ring (bicyclic) bond motifs is 1. The molecule has 1 unspecified atom stereocenters. The summed E-state index contributed by atoms with van der Waals surface area (Å²) < 4.78 is 13.0. The van der Waals surface area contributed by atoms with Crippen molar-refractivity contribution in [1.29, 1.82) is 0 Å². The SMILES string of the molecule is Cn1cc(C(=O)NCC(O)c2ccncc2)c(-c2ccc3c(c2)OCCCO3)n1. The lowest BCUT2D eigenvalue weighted by atomic mass is 10.1. The first-order valence-corrected chi connectivity index (χ1v) is 9.41. The molecule has 8 heteroatoms. The van der Waals surface area contributed by atoms with Gasteiger partial charge in [-0.05, 0) is 35.9 Å². The fourth-order valence-corrected chi connectivity index (χ4v) is 3.17. The third kappa shape index (κ3) is 4.22. The molecule has 1 aromatic carbocycles. The van der Waals surface area contributed by atoms with Gasteiger partial charge in [-0.15, -0.1) is 0 Å². The van der Waals surface area contributed by atoms with Crippen molar-refractivity contribution in [3.8, 4) is 22.8 Å². The number of rotatable bonds is 5. The van der Waals surface area contributed by atoms with Gasteiger partial charge in [0, 0.05) is 44.2 Å². The van der Waals surface area contributed by atoms with Crippen LogP contribution < -0.4 is 14.8 Å². The number of nitrogens with one attached hydrogen (secondary N) is 1. The molecule has 0 radical (unpaired) electrons. The quantitative estimate of drug-likeness (QED) is 0.688. The van der Waals surface area contributed by atoms with Crippen LogP contribution in [0.3, 0.4) is 0 Å². The predicted molar refractivity (Wildman–Crippen MR) is 106 cm³/mol. The smallest absolute Gasteiger partial charge is 0.255 e. The molecular formula is C21H22N4O4. The Morgan fingerprint density at radius 1 is 1.21 bits per heavy atom. The van der Waals surface area contributed by atoms with Gasteiger partial charge in [-0.2, -0.15) is 5.10 Å². The Labute approximate surface area is 168 Å². The molecule has 3 aromatic rings. The van der Waals surface area contributed by atoms with Crippen LogP contribution in [-0.4, -0.2) is 45.5 Å². The Balaban J connectivity index is 1.54. The maximum atomic E-state index is 12.8. The Bertz CT molecular complexity index is 1000. The van der Waals surface area contributed by atoms with E-state index in [0.29, 0.717) is 41.5 Å². The van der Waals surface area contributed by atoms with Crippen molar-refractivity contribution in [2.45, 2.75) is 12.5 Å². The van der Waals surface area contributed by atoms with Crippen molar-refractivity contribution in [3.63, 3.8) is 0 Å². The second-order valence-corrected chi connectivity index (χ2v) is 6.78. The van der Waals surface area contributed by atoms with Crippen molar-refractivity contribution in [2.24, 2.45) is 7.05 Å². The van der Waals surface area contributed by atoms with E-state index in [0.717, 1.165) is 12.0 Å². The largest absolute Gasteiger partial charge is 0.490 e. The summed E-state index contributed by atoms with van der Waals surface area (Å²) in [6.45, 7) is 1.28. The van der Waals surface area contributed by atoms with Gasteiger partial charge < -0.3 is 19.9 Å². The van der Waals surface area contributed by atoms with Gasteiger partial charge in [0.15, 0.2) is 11.5 Å². The van der Waals surface area contributed by atoms with Crippen LogP contribution in [0.1, 0.15) is 28.4 Å². The van der Waals surface area contributed by atoms with E-state index in [1.165, 1.54) is 0 Å². The molecule has 2 aromatic heterocycles. The summed E-state index contributed by atoms with van der Waals surface area (Å²) in [7, 11) is 1.76.